The smallest absolute Gasteiger partial charge is 0.257 e. The third kappa shape index (κ3) is 4.74. The van der Waals surface area contributed by atoms with Crippen molar-refractivity contribution in [2.45, 2.75) is 57.4 Å². The summed E-state index contributed by atoms with van der Waals surface area (Å²) < 4.78 is 0. The fraction of sp³-hybridized carbons (Fsp3) is 0.321. The molecule has 1 atom stereocenters. The second-order valence-electron chi connectivity index (χ2n) is 10.4. The van der Waals surface area contributed by atoms with Crippen molar-refractivity contribution >= 4 is 46.6 Å². The molecule has 1 aromatic heterocycles. The Morgan fingerprint density at radius 2 is 1.86 bits per heavy atom. The molecule has 0 spiro atoms. The first-order chi connectivity index (χ1) is 17.0. The minimum atomic E-state index is -0.612. The maximum absolute atomic E-state index is 13.5. The standard InChI is InChI=1S/C28H27Cl2N3O2S/c1-14-5-6-16(15(2)9-14)13-36-27-32-25-24(26(35)33-27)22(18-8-7-17(29)10-19(18)30)23-20(31-25)11-28(3,4)12-21(23)34/h5-10,22H,11-13H2,1-4H3,(H2,31,32,33,35). The zero-order valence-corrected chi connectivity index (χ0v) is 22.9. The molecular formula is C28H27Cl2N3O2S. The van der Waals surface area contributed by atoms with Crippen molar-refractivity contribution in [2.24, 2.45) is 5.41 Å². The topological polar surface area (TPSA) is 74.8 Å². The maximum atomic E-state index is 13.5. The van der Waals surface area contributed by atoms with Crippen LogP contribution in [0.2, 0.25) is 10.0 Å². The number of thioether (sulfide) groups is 1. The summed E-state index contributed by atoms with van der Waals surface area (Å²) in [5, 5.41) is 4.79. The van der Waals surface area contributed by atoms with E-state index in [9.17, 15) is 9.59 Å². The van der Waals surface area contributed by atoms with E-state index < -0.39 is 5.92 Å². The third-order valence-electron chi connectivity index (χ3n) is 6.84. The average molecular weight is 541 g/mol. The molecule has 2 aliphatic rings. The number of aromatic amines is 1. The van der Waals surface area contributed by atoms with Crippen LogP contribution < -0.4 is 10.9 Å². The normalized spacial score (nSPS) is 18.5. The predicted octanol–water partition coefficient (Wildman–Crippen LogP) is 7.19. The van der Waals surface area contributed by atoms with E-state index in [0.717, 1.165) is 5.70 Å². The van der Waals surface area contributed by atoms with Gasteiger partial charge in [-0.2, -0.15) is 0 Å². The summed E-state index contributed by atoms with van der Waals surface area (Å²) in [6, 6.07) is 11.5. The highest BCUT2D eigenvalue weighted by Crippen LogP contribution is 2.49. The van der Waals surface area contributed by atoms with Crippen LogP contribution >= 0.6 is 35.0 Å². The molecule has 2 N–H and O–H groups in total. The van der Waals surface area contributed by atoms with Crippen LogP contribution in [0.25, 0.3) is 0 Å². The molecule has 0 bridgehead atoms. The van der Waals surface area contributed by atoms with Crippen molar-refractivity contribution in [2.75, 3.05) is 5.32 Å². The van der Waals surface area contributed by atoms with E-state index in [4.69, 9.17) is 28.2 Å². The predicted molar refractivity (Wildman–Crippen MR) is 147 cm³/mol. The first-order valence-electron chi connectivity index (χ1n) is 11.8. The van der Waals surface area contributed by atoms with Gasteiger partial charge in [0.15, 0.2) is 10.9 Å². The van der Waals surface area contributed by atoms with E-state index in [1.165, 1.54) is 28.5 Å². The summed E-state index contributed by atoms with van der Waals surface area (Å²) in [5.41, 5.74) is 5.61. The Bertz CT molecular complexity index is 1490. The van der Waals surface area contributed by atoms with Crippen LogP contribution in [0.3, 0.4) is 0 Å². The van der Waals surface area contributed by atoms with E-state index in [-0.39, 0.29) is 16.8 Å². The minimum absolute atomic E-state index is 0.0168. The number of nitrogens with zero attached hydrogens (tertiary/aromatic N) is 1. The van der Waals surface area contributed by atoms with Crippen LogP contribution in [0.1, 0.15) is 60.4 Å². The number of allylic oxidation sites excluding steroid dienone is 2. The fourth-order valence-electron chi connectivity index (χ4n) is 5.16. The molecule has 36 heavy (non-hydrogen) atoms. The van der Waals surface area contributed by atoms with Gasteiger partial charge in [0.2, 0.25) is 0 Å². The number of anilines is 1. The number of ketones is 1. The lowest BCUT2D eigenvalue weighted by molar-refractivity contribution is -0.118. The largest absolute Gasteiger partial charge is 0.343 e. The molecule has 3 aromatic rings. The highest BCUT2D eigenvalue weighted by Gasteiger charge is 2.43. The van der Waals surface area contributed by atoms with E-state index in [1.807, 2.05) is 0 Å². The van der Waals surface area contributed by atoms with Crippen molar-refractivity contribution in [1.82, 2.24) is 9.97 Å². The van der Waals surface area contributed by atoms with Gasteiger partial charge in [-0.15, -0.1) is 0 Å². The Morgan fingerprint density at radius 1 is 1.08 bits per heavy atom. The molecule has 8 heteroatoms. The van der Waals surface area contributed by atoms with E-state index in [2.05, 4.69) is 56.2 Å². The van der Waals surface area contributed by atoms with Gasteiger partial charge in [-0.3, -0.25) is 9.59 Å². The van der Waals surface area contributed by atoms with Gasteiger partial charge in [-0.25, -0.2) is 4.98 Å². The number of rotatable bonds is 4. The number of nitrogens with one attached hydrogen (secondary N) is 2. The zero-order chi connectivity index (χ0) is 25.8. The first-order valence-corrected chi connectivity index (χ1v) is 13.6. The molecule has 1 aliphatic carbocycles. The third-order valence-corrected chi connectivity index (χ3v) is 8.32. The van der Waals surface area contributed by atoms with Gasteiger partial charge >= 0.3 is 0 Å². The van der Waals surface area contributed by atoms with E-state index >= 15 is 0 Å². The lowest BCUT2D eigenvalue weighted by Gasteiger charge is -2.38. The van der Waals surface area contributed by atoms with Crippen molar-refractivity contribution in [3.8, 4) is 0 Å². The molecule has 0 saturated carbocycles. The van der Waals surface area contributed by atoms with Crippen molar-refractivity contribution in [3.05, 3.63) is 95.9 Å². The quantitative estimate of drug-likeness (QED) is 0.271. The molecule has 2 heterocycles. The van der Waals surface area contributed by atoms with Crippen LogP contribution in [-0.4, -0.2) is 15.8 Å². The van der Waals surface area contributed by atoms with Gasteiger partial charge in [0, 0.05) is 39.4 Å². The summed E-state index contributed by atoms with van der Waals surface area (Å²) in [4.78, 5) is 34.7. The van der Waals surface area contributed by atoms with Crippen molar-refractivity contribution in [3.63, 3.8) is 0 Å². The molecule has 0 amide bonds. The first kappa shape index (κ1) is 25.1. The number of benzene rings is 2. The molecule has 1 aliphatic heterocycles. The van der Waals surface area contributed by atoms with E-state index in [1.54, 1.807) is 18.2 Å². The summed E-state index contributed by atoms with van der Waals surface area (Å²) in [7, 11) is 0. The van der Waals surface area contributed by atoms with Crippen LogP contribution in [0.5, 0.6) is 0 Å². The van der Waals surface area contributed by atoms with E-state index in [0.29, 0.717) is 56.3 Å². The Balaban J connectivity index is 1.60. The average Bonchev–Trinajstić information content (AvgIpc) is 2.76. The van der Waals surface area contributed by atoms with Gasteiger partial charge in [0.05, 0.1) is 5.56 Å². The second-order valence-corrected chi connectivity index (χ2v) is 12.2. The van der Waals surface area contributed by atoms with Gasteiger partial charge in [-0.1, -0.05) is 78.6 Å². The van der Waals surface area contributed by atoms with Crippen LogP contribution in [0.15, 0.2) is 57.6 Å². The minimum Gasteiger partial charge on any atom is -0.343 e. The Labute approximate surface area is 224 Å². The summed E-state index contributed by atoms with van der Waals surface area (Å²) in [6.45, 7) is 8.31. The fourth-order valence-corrected chi connectivity index (χ4v) is 6.62. The summed E-state index contributed by atoms with van der Waals surface area (Å²) in [6.07, 6.45) is 1.08. The lowest BCUT2D eigenvalue weighted by atomic mass is 9.69. The number of aromatic nitrogens is 2. The number of aryl methyl sites for hydroxylation is 2. The number of carbonyl (C=O) groups is 1. The molecule has 2 aromatic carbocycles. The molecule has 186 valence electrons. The summed E-state index contributed by atoms with van der Waals surface area (Å²) in [5.74, 6) is 0.559. The number of hydrogen-bond acceptors (Lipinski definition) is 5. The van der Waals surface area contributed by atoms with Gasteiger partial charge in [0.25, 0.3) is 5.56 Å². The monoisotopic (exact) mass is 539 g/mol. The molecule has 5 rings (SSSR count). The molecule has 0 saturated heterocycles. The number of carbonyl (C=O) groups excluding carboxylic acids is 1. The van der Waals surface area contributed by atoms with Gasteiger partial charge in [-0.05, 0) is 54.5 Å². The van der Waals surface area contributed by atoms with Crippen LogP contribution in [0.4, 0.5) is 5.82 Å². The highest BCUT2D eigenvalue weighted by atomic mass is 35.5. The number of Topliss-reactive ketones (excluding diaryl/α,β-unsaturated/α-hetero) is 1. The Kier molecular flexibility index (Phi) is 6.56. The number of halogens is 2. The Hall–Kier alpha value is -2.54. The van der Waals surface area contributed by atoms with Gasteiger partial charge in [0.1, 0.15) is 5.82 Å². The van der Waals surface area contributed by atoms with Crippen molar-refractivity contribution in [1.29, 1.82) is 0 Å². The molecular weight excluding hydrogens is 513 g/mol. The second kappa shape index (κ2) is 9.40. The van der Waals surface area contributed by atoms with Crippen LogP contribution in [0, 0.1) is 19.3 Å². The molecule has 0 fully saturated rings. The highest BCUT2D eigenvalue weighted by molar-refractivity contribution is 7.98. The number of hydrogen-bond donors (Lipinski definition) is 2. The summed E-state index contributed by atoms with van der Waals surface area (Å²) >= 11 is 14.3. The molecule has 1 unspecified atom stereocenters. The molecule has 5 nitrogen and oxygen atoms in total. The zero-order valence-electron chi connectivity index (χ0n) is 20.6. The lowest BCUT2D eigenvalue weighted by Crippen LogP contribution is -2.37. The molecule has 0 radical (unpaired) electrons. The Morgan fingerprint density at radius 3 is 2.58 bits per heavy atom. The number of H-pyrrole nitrogens is 1. The number of fused-ring (bicyclic) bond motifs is 1. The van der Waals surface area contributed by atoms with Crippen molar-refractivity contribution < 1.29 is 4.79 Å². The SMILES string of the molecule is Cc1ccc(CSc2nc3c(c(=O)[nH]2)C(c2ccc(Cl)cc2Cl)C2=C(CC(C)(C)CC2=O)N3)c(C)c1. The van der Waals surface area contributed by atoms with Crippen LogP contribution in [-0.2, 0) is 10.5 Å². The maximum Gasteiger partial charge on any atom is 0.257 e. The van der Waals surface area contributed by atoms with Gasteiger partial charge < -0.3 is 10.3 Å².